The van der Waals surface area contributed by atoms with Crippen LogP contribution in [0.1, 0.15) is 55.7 Å². The molecule has 0 heterocycles. The van der Waals surface area contributed by atoms with Crippen molar-refractivity contribution in [3.05, 3.63) is 69.7 Å². The van der Waals surface area contributed by atoms with E-state index < -0.39 is 6.04 Å². The molecule has 4 nitrogen and oxygen atoms in total. The number of aryl methyl sites for hydroxylation is 1. The molecule has 0 spiro atoms. The van der Waals surface area contributed by atoms with Crippen molar-refractivity contribution in [2.75, 3.05) is 5.75 Å². The second-order valence-corrected chi connectivity index (χ2v) is 10.6. The Kier molecular flexibility index (Phi) is 9.67. The van der Waals surface area contributed by atoms with Gasteiger partial charge in [-0.05, 0) is 49.9 Å². The van der Waals surface area contributed by atoms with Crippen LogP contribution >= 0.6 is 27.7 Å². The van der Waals surface area contributed by atoms with Crippen LogP contribution in [0.5, 0.6) is 0 Å². The minimum atomic E-state index is -0.502. The Labute approximate surface area is 204 Å². The molecule has 2 amide bonds. The second-order valence-electron chi connectivity index (χ2n) is 8.65. The largest absolute Gasteiger partial charge is 0.352 e. The summed E-state index contributed by atoms with van der Waals surface area (Å²) in [7, 11) is 0. The predicted octanol–water partition coefficient (Wildman–Crippen LogP) is 5.86. The fraction of sp³-hybridized carbons (Fsp3) is 0.462. The maximum Gasteiger partial charge on any atom is 0.242 e. The summed E-state index contributed by atoms with van der Waals surface area (Å²) < 4.78 is 1.05. The van der Waals surface area contributed by atoms with Crippen LogP contribution in [-0.2, 0) is 21.9 Å². The van der Waals surface area contributed by atoms with Crippen LogP contribution in [0.3, 0.4) is 0 Å². The van der Waals surface area contributed by atoms with Gasteiger partial charge < -0.3 is 10.2 Å². The molecule has 1 saturated carbocycles. The van der Waals surface area contributed by atoms with Crippen LogP contribution in [0.15, 0.2) is 53.0 Å². The van der Waals surface area contributed by atoms with E-state index in [2.05, 4.69) is 39.4 Å². The minimum Gasteiger partial charge on any atom is -0.352 e. The average Bonchev–Trinajstić information content (AvgIpc) is 2.79. The number of carbonyl (C=O) groups is 2. The molecule has 0 unspecified atom stereocenters. The first-order valence-electron chi connectivity index (χ1n) is 11.4. The normalized spacial score (nSPS) is 15.2. The fourth-order valence-corrected chi connectivity index (χ4v) is 5.21. The molecule has 32 heavy (non-hydrogen) atoms. The summed E-state index contributed by atoms with van der Waals surface area (Å²) in [5.74, 6) is 1.07. The van der Waals surface area contributed by atoms with Gasteiger partial charge in [0.05, 0.1) is 5.75 Å². The molecule has 3 rings (SSSR count). The van der Waals surface area contributed by atoms with E-state index in [4.69, 9.17) is 0 Å². The number of rotatable bonds is 9. The Bertz CT molecular complexity index is 897. The van der Waals surface area contributed by atoms with Crippen LogP contribution in [-0.4, -0.2) is 34.6 Å². The Balaban J connectivity index is 1.64. The first-order chi connectivity index (χ1) is 15.4. The van der Waals surface area contributed by atoms with Gasteiger partial charge >= 0.3 is 0 Å². The van der Waals surface area contributed by atoms with Gasteiger partial charge in [-0.1, -0.05) is 77.2 Å². The SMILES string of the molecule is Cc1cccc(CN(C(=O)CSCc2ccc(Br)cc2)[C@H](C)C(=O)NC2CCCCC2)c1. The monoisotopic (exact) mass is 516 g/mol. The lowest BCUT2D eigenvalue weighted by atomic mass is 9.95. The van der Waals surface area contributed by atoms with Gasteiger partial charge in [0.15, 0.2) is 0 Å². The minimum absolute atomic E-state index is 0.0000815. The highest BCUT2D eigenvalue weighted by atomic mass is 79.9. The van der Waals surface area contributed by atoms with Crippen molar-refractivity contribution in [3.8, 4) is 0 Å². The maximum absolute atomic E-state index is 13.2. The lowest BCUT2D eigenvalue weighted by molar-refractivity contribution is -0.139. The van der Waals surface area contributed by atoms with Gasteiger partial charge in [0, 0.05) is 22.8 Å². The highest BCUT2D eigenvalue weighted by molar-refractivity contribution is 9.10. The zero-order valence-electron chi connectivity index (χ0n) is 19.0. The smallest absolute Gasteiger partial charge is 0.242 e. The number of benzene rings is 2. The summed E-state index contributed by atoms with van der Waals surface area (Å²) in [6.45, 7) is 4.34. The Morgan fingerprint density at radius 2 is 1.81 bits per heavy atom. The molecule has 0 bridgehead atoms. The maximum atomic E-state index is 13.2. The number of nitrogens with zero attached hydrogens (tertiary/aromatic N) is 1. The molecule has 1 atom stereocenters. The lowest BCUT2D eigenvalue weighted by Gasteiger charge is -2.31. The van der Waals surface area contributed by atoms with E-state index in [9.17, 15) is 9.59 Å². The van der Waals surface area contributed by atoms with Crippen LogP contribution < -0.4 is 5.32 Å². The number of halogens is 1. The Morgan fingerprint density at radius 3 is 2.50 bits per heavy atom. The number of hydrogen-bond acceptors (Lipinski definition) is 3. The van der Waals surface area contributed by atoms with E-state index >= 15 is 0 Å². The van der Waals surface area contributed by atoms with Crippen molar-refractivity contribution in [1.29, 1.82) is 0 Å². The number of amides is 2. The van der Waals surface area contributed by atoms with Crippen molar-refractivity contribution < 1.29 is 9.59 Å². The first kappa shape index (κ1) is 24.8. The van der Waals surface area contributed by atoms with Crippen molar-refractivity contribution in [2.45, 2.75) is 70.3 Å². The molecule has 2 aromatic rings. The van der Waals surface area contributed by atoms with Gasteiger partial charge in [-0.25, -0.2) is 0 Å². The molecule has 6 heteroatoms. The third kappa shape index (κ3) is 7.66. The van der Waals surface area contributed by atoms with Gasteiger partial charge in [0.2, 0.25) is 11.8 Å². The molecular weight excluding hydrogens is 484 g/mol. The third-order valence-corrected chi connectivity index (χ3v) is 7.48. The Morgan fingerprint density at radius 1 is 1.09 bits per heavy atom. The summed E-state index contributed by atoms with van der Waals surface area (Å²) in [6, 6.07) is 16.0. The molecule has 1 aliphatic rings. The van der Waals surface area contributed by atoms with E-state index in [0.29, 0.717) is 12.3 Å². The van der Waals surface area contributed by atoms with Gasteiger partial charge in [-0.2, -0.15) is 0 Å². The number of hydrogen-bond donors (Lipinski definition) is 1. The first-order valence-corrected chi connectivity index (χ1v) is 13.3. The molecular formula is C26H33BrN2O2S. The van der Waals surface area contributed by atoms with Crippen LogP contribution in [0.4, 0.5) is 0 Å². The molecule has 1 aliphatic carbocycles. The van der Waals surface area contributed by atoms with E-state index in [1.165, 1.54) is 12.0 Å². The Hall–Kier alpha value is -1.79. The van der Waals surface area contributed by atoms with Crippen LogP contribution in [0.2, 0.25) is 0 Å². The highest BCUT2D eigenvalue weighted by Crippen LogP contribution is 2.20. The molecule has 1 N–H and O–H groups in total. The quantitative estimate of drug-likeness (QED) is 0.454. The number of nitrogens with one attached hydrogen (secondary N) is 1. The predicted molar refractivity (Wildman–Crippen MR) is 137 cm³/mol. The number of thioether (sulfide) groups is 1. The highest BCUT2D eigenvalue weighted by Gasteiger charge is 2.28. The fourth-order valence-electron chi connectivity index (χ4n) is 4.08. The molecule has 0 aromatic heterocycles. The van der Waals surface area contributed by atoms with Crippen LogP contribution in [0.25, 0.3) is 0 Å². The topological polar surface area (TPSA) is 49.4 Å². The molecule has 0 radical (unpaired) electrons. The van der Waals surface area contributed by atoms with Crippen molar-refractivity contribution in [1.82, 2.24) is 10.2 Å². The molecule has 0 aliphatic heterocycles. The van der Waals surface area contributed by atoms with E-state index in [1.54, 1.807) is 16.7 Å². The second kappa shape index (κ2) is 12.4. The molecule has 0 saturated heterocycles. The van der Waals surface area contributed by atoms with Gasteiger partial charge in [0.1, 0.15) is 6.04 Å². The van der Waals surface area contributed by atoms with Crippen molar-refractivity contribution >= 4 is 39.5 Å². The van der Waals surface area contributed by atoms with Gasteiger partial charge in [0.25, 0.3) is 0 Å². The summed E-state index contributed by atoms with van der Waals surface area (Å²) in [6.07, 6.45) is 5.64. The molecule has 2 aromatic carbocycles. The van der Waals surface area contributed by atoms with E-state index in [1.807, 2.05) is 44.2 Å². The zero-order valence-corrected chi connectivity index (χ0v) is 21.4. The van der Waals surface area contributed by atoms with Crippen molar-refractivity contribution in [2.24, 2.45) is 0 Å². The summed E-state index contributed by atoms with van der Waals surface area (Å²) >= 11 is 5.04. The van der Waals surface area contributed by atoms with Crippen LogP contribution in [0, 0.1) is 6.92 Å². The average molecular weight is 518 g/mol. The molecule has 1 fully saturated rings. The van der Waals surface area contributed by atoms with E-state index in [-0.39, 0.29) is 17.9 Å². The lowest BCUT2D eigenvalue weighted by Crippen LogP contribution is -2.50. The summed E-state index contributed by atoms with van der Waals surface area (Å²) in [5, 5.41) is 3.19. The summed E-state index contributed by atoms with van der Waals surface area (Å²) in [4.78, 5) is 28.0. The zero-order chi connectivity index (χ0) is 22.9. The van der Waals surface area contributed by atoms with E-state index in [0.717, 1.165) is 47.0 Å². The van der Waals surface area contributed by atoms with Gasteiger partial charge in [-0.3, -0.25) is 9.59 Å². The van der Waals surface area contributed by atoms with Gasteiger partial charge in [-0.15, -0.1) is 11.8 Å². The molecule has 172 valence electrons. The standard InChI is InChI=1S/C26H33BrN2O2S/c1-19-7-6-8-22(15-19)16-29(20(2)26(31)28-24-9-4-3-5-10-24)25(30)18-32-17-21-11-13-23(27)14-12-21/h6-8,11-15,20,24H,3-5,9-10,16-18H2,1-2H3,(H,28,31)/t20-/m1/s1. The van der Waals surface area contributed by atoms with Crippen molar-refractivity contribution in [3.63, 3.8) is 0 Å². The summed E-state index contributed by atoms with van der Waals surface area (Å²) in [5.41, 5.74) is 3.38. The third-order valence-electron chi connectivity index (χ3n) is 5.96. The number of carbonyl (C=O) groups excluding carboxylic acids is 2.